The van der Waals surface area contributed by atoms with Crippen molar-refractivity contribution in [2.24, 2.45) is 5.92 Å². The molecule has 0 amide bonds. The van der Waals surface area contributed by atoms with Crippen molar-refractivity contribution in [3.8, 4) is 11.8 Å². The van der Waals surface area contributed by atoms with Crippen molar-refractivity contribution in [3.63, 3.8) is 0 Å². The van der Waals surface area contributed by atoms with E-state index in [1.807, 2.05) is 26.0 Å². The van der Waals surface area contributed by atoms with Gasteiger partial charge in [0, 0.05) is 5.33 Å². The molecule has 2 nitrogen and oxygen atoms in total. The number of nitriles is 1. The summed E-state index contributed by atoms with van der Waals surface area (Å²) in [4.78, 5) is 0. The van der Waals surface area contributed by atoms with Gasteiger partial charge in [0.1, 0.15) is 5.75 Å². The summed E-state index contributed by atoms with van der Waals surface area (Å²) < 4.78 is 5.78. The van der Waals surface area contributed by atoms with E-state index in [1.54, 1.807) is 0 Å². The van der Waals surface area contributed by atoms with Crippen LogP contribution in [0.2, 0.25) is 0 Å². The summed E-state index contributed by atoms with van der Waals surface area (Å²) in [5, 5.41) is 9.77. The quantitative estimate of drug-likeness (QED) is 0.791. The number of aryl methyl sites for hydroxylation is 2. The topological polar surface area (TPSA) is 33.0 Å². The molecule has 0 aromatic heterocycles. The zero-order valence-corrected chi connectivity index (χ0v) is 11.5. The average molecular weight is 282 g/mol. The van der Waals surface area contributed by atoms with Gasteiger partial charge in [-0.1, -0.05) is 22.9 Å². The zero-order valence-electron chi connectivity index (χ0n) is 9.88. The lowest BCUT2D eigenvalue weighted by atomic mass is 10.1. The highest BCUT2D eigenvalue weighted by atomic mass is 79.9. The van der Waals surface area contributed by atoms with Gasteiger partial charge in [0.2, 0.25) is 0 Å². The SMILES string of the molecule is Cc1cc(C#N)cc(C)c1OCC(C)CBr. The van der Waals surface area contributed by atoms with Crippen LogP contribution in [0, 0.1) is 31.1 Å². The van der Waals surface area contributed by atoms with Crippen molar-refractivity contribution >= 4 is 15.9 Å². The normalized spacial score (nSPS) is 11.9. The van der Waals surface area contributed by atoms with Crippen molar-refractivity contribution in [2.45, 2.75) is 20.8 Å². The molecule has 0 aliphatic rings. The molecule has 1 aromatic carbocycles. The predicted octanol–water partition coefficient (Wildman–Crippen LogP) is 3.58. The fourth-order valence-electron chi connectivity index (χ4n) is 1.51. The highest BCUT2D eigenvalue weighted by molar-refractivity contribution is 9.09. The molecule has 1 atom stereocenters. The van der Waals surface area contributed by atoms with Gasteiger partial charge in [0.05, 0.1) is 18.2 Å². The lowest BCUT2D eigenvalue weighted by Gasteiger charge is -2.15. The Morgan fingerprint density at radius 2 is 1.94 bits per heavy atom. The van der Waals surface area contributed by atoms with Crippen LogP contribution < -0.4 is 4.74 Å². The van der Waals surface area contributed by atoms with Crippen molar-refractivity contribution in [3.05, 3.63) is 28.8 Å². The van der Waals surface area contributed by atoms with Crippen LogP contribution in [0.15, 0.2) is 12.1 Å². The van der Waals surface area contributed by atoms with Gasteiger partial charge in [-0.2, -0.15) is 5.26 Å². The van der Waals surface area contributed by atoms with Gasteiger partial charge in [-0.05, 0) is 43.0 Å². The second kappa shape index (κ2) is 5.91. The summed E-state index contributed by atoms with van der Waals surface area (Å²) >= 11 is 3.43. The van der Waals surface area contributed by atoms with Gasteiger partial charge in [-0.15, -0.1) is 0 Å². The van der Waals surface area contributed by atoms with Crippen LogP contribution in [0.5, 0.6) is 5.75 Å². The van der Waals surface area contributed by atoms with E-state index >= 15 is 0 Å². The number of benzene rings is 1. The molecule has 16 heavy (non-hydrogen) atoms. The summed E-state index contributed by atoms with van der Waals surface area (Å²) in [7, 11) is 0. The van der Waals surface area contributed by atoms with Gasteiger partial charge in [-0.25, -0.2) is 0 Å². The van der Waals surface area contributed by atoms with Gasteiger partial charge in [0.15, 0.2) is 0 Å². The van der Waals surface area contributed by atoms with E-state index in [0.717, 1.165) is 22.2 Å². The lowest BCUT2D eigenvalue weighted by molar-refractivity contribution is 0.271. The first-order valence-corrected chi connectivity index (χ1v) is 6.40. The molecule has 0 aliphatic heterocycles. The second-order valence-electron chi connectivity index (χ2n) is 4.12. The molecule has 0 saturated carbocycles. The molecule has 3 heteroatoms. The molecule has 0 fully saturated rings. The highest BCUT2D eigenvalue weighted by Gasteiger charge is 2.08. The Labute approximate surface area is 105 Å². The van der Waals surface area contributed by atoms with Crippen LogP contribution >= 0.6 is 15.9 Å². The molecular formula is C13H16BrNO. The van der Waals surface area contributed by atoms with E-state index in [0.29, 0.717) is 18.1 Å². The molecule has 0 heterocycles. The van der Waals surface area contributed by atoms with E-state index in [1.165, 1.54) is 0 Å². The minimum Gasteiger partial charge on any atom is -0.493 e. The first-order valence-electron chi connectivity index (χ1n) is 5.28. The van der Waals surface area contributed by atoms with Gasteiger partial charge >= 0.3 is 0 Å². The Balaban J connectivity index is 2.85. The summed E-state index contributed by atoms with van der Waals surface area (Å²) in [5.74, 6) is 1.39. The molecule has 1 unspecified atom stereocenters. The van der Waals surface area contributed by atoms with Crippen LogP contribution in [-0.4, -0.2) is 11.9 Å². The Kier molecular flexibility index (Phi) is 4.82. The number of rotatable bonds is 4. The van der Waals surface area contributed by atoms with E-state index < -0.39 is 0 Å². The van der Waals surface area contributed by atoms with Crippen LogP contribution in [0.25, 0.3) is 0 Å². The maximum Gasteiger partial charge on any atom is 0.125 e. The van der Waals surface area contributed by atoms with Crippen molar-refractivity contribution in [1.82, 2.24) is 0 Å². The standard InChI is InChI=1S/C13H16BrNO/c1-9(6-14)8-16-13-10(2)4-12(7-15)5-11(13)3/h4-5,9H,6,8H2,1-3H3. The molecule has 0 aliphatic carbocycles. The smallest absolute Gasteiger partial charge is 0.125 e. The Morgan fingerprint density at radius 3 is 2.38 bits per heavy atom. The van der Waals surface area contributed by atoms with Crippen LogP contribution in [0.4, 0.5) is 0 Å². The van der Waals surface area contributed by atoms with Gasteiger partial charge in [0.25, 0.3) is 0 Å². The monoisotopic (exact) mass is 281 g/mol. The summed E-state index contributed by atoms with van der Waals surface area (Å²) in [6, 6.07) is 5.87. The van der Waals surface area contributed by atoms with Gasteiger partial charge in [-0.3, -0.25) is 0 Å². The summed E-state index contributed by atoms with van der Waals surface area (Å²) in [5.41, 5.74) is 2.74. The molecule has 0 radical (unpaired) electrons. The average Bonchev–Trinajstić information content (AvgIpc) is 2.27. The Bertz CT molecular complexity index is 386. The predicted molar refractivity (Wildman–Crippen MR) is 69.1 cm³/mol. The number of ether oxygens (including phenoxy) is 1. The van der Waals surface area contributed by atoms with Crippen LogP contribution in [-0.2, 0) is 0 Å². The third kappa shape index (κ3) is 3.24. The first kappa shape index (κ1) is 13.1. The lowest BCUT2D eigenvalue weighted by Crippen LogP contribution is -2.10. The van der Waals surface area contributed by atoms with Gasteiger partial charge < -0.3 is 4.74 Å². The Hall–Kier alpha value is -1.01. The van der Waals surface area contributed by atoms with E-state index in [-0.39, 0.29) is 0 Å². The van der Waals surface area contributed by atoms with E-state index in [4.69, 9.17) is 10.00 Å². The molecular weight excluding hydrogens is 266 g/mol. The molecule has 0 bridgehead atoms. The Morgan fingerprint density at radius 1 is 1.38 bits per heavy atom. The van der Waals surface area contributed by atoms with Crippen molar-refractivity contribution in [1.29, 1.82) is 5.26 Å². The zero-order chi connectivity index (χ0) is 12.1. The van der Waals surface area contributed by atoms with E-state index in [2.05, 4.69) is 28.9 Å². The molecule has 0 saturated heterocycles. The number of hydrogen-bond donors (Lipinski definition) is 0. The molecule has 1 aromatic rings. The molecule has 0 N–H and O–H groups in total. The van der Waals surface area contributed by atoms with Crippen LogP contribution in [0.1, 0.15) is 23.6 Å². The third-order valence-corrected chi connectivity index (χ3v) is 3.47. The second-order valence-corrected chi connectivity index (χ2v) is 4.77. The third-order valence-electron chi connectivity index (χ3n) is 2.37. The summed E-state index contributed by atoms with van der Waals surface area (Å²) in [6.07, 6.45) is 0. The summed E-state index contributed by atoms with van der Waals surface area (Å²) in [6.45, 7) is 6.77. The highest BCUT2D eigenvalue weighted by Crippen LogP contribution is 2.25. The van der Waals surface area contributed by atoms with Crippen molar-refractivity contribution in [2.75, 3.05) is 11.9 Å². The van der Waals surface area contributed by atoms with Crippen molar-refractivity contribution < 1.29 is 4.74 Å². The molecule has 0 spiro atoms. The number of halogens is 1. The number of hydrogen-bond acceptors (Lipinski definition) is 2. The first-order chi connectivity index (χ1) is 7.58. The van der Waals surface area contributed by atoms with E-state index in [9.17, 15) is 0 Å². The number of alkyl halides is 1. The largest absolute Gasteiger partial charge is 0.493 e. The fraction of sp³-hybridized carbons (Fsp3) is 0.462. The minimum atomic E-state index is 0.481. The molecule has 86 valence electrons. The minimum absolute atomic E-state index is 0.481. The maximum atomic E-state index is 8.84. The number of nitrogens with zero attached hydrogens (tertiary/aromatic N) is 1. The molecule has 1 rings (SSSR count). The fourth-order valence-corrected chi connectivity index (χ4v) is 1.70. The van der Waals surface area contributed by atoms with Crippen LogP contribution in [0.3, 0.4) is 0 Å². The maximum absolute atomic E-state index is 8.84.